The highest BCUT2D eigenvalue weighted by molar-refractivity contribution is 14.1. The Labute approximate surface area is 79.8 Å². The molecular weight excluding hydrogens is 255 g/mol. The zero-order valence-electron chi connectivity index (χ0n) is 6.31. The predicted molar refractivity (Wildman–Crippen MR) is 49.7 cm³/mol. The second-order valence-electron chi connectivity index (χ2n) is 3.53. The molecule has 0 radical (unpaired) electrons. The molecule has 1 aliphatic heterocycles. The van der Waals surface area contributed by atoms with Crippen LogP contribution in [-0.4, -0.2) is 16.5 Å². The molecule has 0 aromatic rings. The third-order valence-corrected chi connectivity index (χ3v) is 3.74. The van der Waals surface area contributed by atoms with Crippen LogP contribution in [0, 0.1) is 5.41 Å². The number of alkyl halides is 1. The van der Waals surface area contributed by atoms with Gasteiger partial charge in [-0.3, -0.25) is 4.79 Å². The van der Waals surface area contributed by atoms with Crippen molar-refractivity contribution in [1.29, 1.82) is 0 Å². The number of hydrogen-bond acceptors (Lipinski definition) is 2. The first-order chi connectivity index (χ1) is 5.27. The van der Waals surface area contributed by atoms with Gasteiger partial charge in [-0.25, -0.2) is 0 Å². The molecular formula is C8H11IO2. The average Bonchev–Trinajstić information content (AvgIpc) is 2.25. The Balaban J connectivity index is 2.13. The lowest BCUT2D eigenvalue weighted by atomic mass is 9.65. The summed E-state index contributed by atoms with van der Waals surface area (Å²) in [6, 6.07) is 0. The highest BCUT2D eigenvalue weighted by Crippen LogP contribution is 2.52. The number of carbonyl (C=O) groups excluding carboxylic acids is 1. The van der Waals surface area contributed by atoms with Gasteiger partial charge in [-0.05, 0) is 12.8 Å². The second-order valence-corrected chi connectivity index (χ2v) is 4.41. The molecule has 2 rings (SSSR count). The molecule has 2 aliphatic rings. The van der Waals surface area contributed by atoms with Gasteiger partial charge >= 0.3 is 5.97 Å². The molecule has 1 atom stereocenters. The van der Waals surface area contributed by atoms with Crippen LogP contribution in [0.2, 0.25) is 0 Å². The van der Waals surface area contributed by atoms with Gasteiger partial charge in [0.25, 0.3) is 0 Å². The first-order valence-electron chi connectivity index (χ1n) is 4.02. The van der Waals surface area contributed by atoms with Crippen molar-refractivity contribution in [3.8, 4) is 0 Å². The van der Waals surface area contributed by atoms with E-state index >= 15 is 0 Å². The Morgan fingerprint density at radius 2 is 2.36 bits per heavy atom. The van der Waals surface area contributed by atoms with E-state index in [2.05, 4.69) is 22.6 Å². The number of hydrogen-bond donors (Lipinski definition) is 0. The first kappa shape index (κ1) is 7.83. The Bertz CT molecular complexity index is 187. The average molecular weight is 266 g/mol. The summed E-state index contributed by atoms with van der Waals surface area (Å²) in [5.41, 5.74) is 0.276. The van der Waals surface area contributed by atoms with Crippen LogP contribution in [0.15, 0.2) is 0 Å². The minimum atomic E-state index is 0.0198. The lowest BCUT2D eigenvalue weighted by Crippen LogP contribution is -2.38. The summed E-state index contributed by atoms with van der Waals surface area (Å²) in [6.07, 6.45) is 4.59. The van der Waals surface area contributed by atoms with Crippen LogP contribution in [0.4, 0.5) is 0 Å². The van der Waals surface area contributed by atoms with Crippen molar-refractivity contribution in [3.05, 3.63) is 0 Å². The van der Waals surface area contributed by atoms with Crippen molar-refractivity contribution in [1.82, 2.24) is 0 Å². The third kappa shape index (κ3) is 1.08. The van der Waals surface area contributed by atoms with E-state index in [0.29, 0.717) is 6.42 Å². The zero-order valence-corrected chi connectivity index (χ0v) is 8.46. The van der Waals surface area contributed by atoms with E-state index in [1.54, 1.807) is 0 Å². The van der Waals surface area contributed by atoms with Crippen LogP contribution in [0.5, 0.6) is 0 Å². The second kappa shape index (κ2) is 2.61. The molecule has 1 aliphatic carbocycles. The largest absolute Gasteiger partial charge is 0.461 e. The highest BCUT2D eigenvalue weighted by Gasteiger charge is 2.51. The SMILES string of the molecule is O=C1CC2(CCC2)C(CI)O1. The zero-order chi connectivity index (χ0) is 7.90. The van der Waals surface area contributed by atoms with Crippen molar-refractivity contribution in [2.75, 3.05) is 4.43 Å². The maximum Gasteiger partial charge on any atom is 0.306 e. The van der Waals surface area contributed by atoms with E-state index in [4.69, 9.17) is 4.74 Å². The van der Waals surface area contributed by atoms with Crippen LogP contribution in [0.25, 0.3) is 0 Å². The fraction of sp³-hybridized carbons (Fsp3) is 0.875. The molecule has 1 saturated carbocycles. The van der Waals surface area contributed by atoms with Crippen molar-refractivity contribution in [2.45, 2.75) is 31.8 Å². The molecule has 1 saturated heterocycles. The van der Waals surface area contributed by atoms with Gasteiger partial charge in [0, 0.05) is 9.84 Å². The molecule has 11 heavy (non-hydrogen) atoms. The molecule has 0 N–H and O–H groups in total. The van der Waals surface area contributed by atoms with Crippen molar-refractivity contribution < 1.29 is 9.53 Å². The van der Waals surface area contributed by atoms with E-state index in [1.807, 2.05) is 0 Å². The van der Waals surface area contributed by atoms with Crippen LogP contribution < -0.4 is 0 Å². The number of halogens is 1. The normalized spacial score (nSPS) is 33.5. The fourth-order valence-corrected chi connectivity index (χ4v) is 3.17. The Morgan fingerprint density at radius 3 is 2.73 bits per heavy atom. The molecule has 1 spiro atoms. The molecule has 0 bridgehead atoms. The van der Waals surface area contributed by atoms with Gasteiger partial charge in [0.1, 0.15) is 6.10 Å². The highest BCUT2D eigenvalue weighted by atomic mass is 127. The molecule has 0 aromatic carbocycles. The molecule has 0 aromatic heterocycles. The maximum absolute atomic E-state index is 11.0. The number of cyclic esters (lactones) is 1. The standard InChI is InChI=1S/C8H11IO2/c9-5-6-8(2-1-3-8)4-7(10)11-6/h6H,1-5H2. The van der Waals surface area contributed by atoms with Crippen molar-refractivity contribution >= 4 is 28.6 Å². The van der Waals surface area contributed by atoms with E-state index in [0.717, 1.165) is 4.43 Å². The summed E-state index contributed by atoms with van der Waals surface area (Å²) in [5, 5.41) is 0. The Morgan fingerprint density at radius 1 is 1.64 bits per heavy atom. The van der Waals surface area contributed by atoms with Gasteiger partial charge in [0.15, 0.2) is 0 Å². The van der Waals surface area contributed by atoms with Crippen LogP contribution in [0.3, 0.4) is 0 Å². The lowest BCUT2D eigenvalue weighted by Gasteiger charge is -2.39. The third-order valence-electron chi connectivity index (χ3n) is 2.94. The van der Waals surface area contributed by atoms with Crippen LogP contribution in [-0.2, 0) is 9.53 Å². The van der Waals surface area contributed by atoms with Gasteiger partial charge < -0.3 is 4.74 Å². The number of ether oxygens (including phenoxy) is 1. The van der Waals surface area contributed by atoms with Gasteiger partial charge in [0.05, 0.1) is 6.42 Å². The number of esters is 1. The topological polar surface area (TPSA) is 26.3 Å². The summed E-state index contributed by atoms with van der Waals surface area (Å²) in [6.45, 7) is 0. The number of rotatable bonds is 1. The van der Waals surface area contributed by atoms with Crippen molar-refractivity contribution in [2.24, 2.45) is 5.41 Å². The van der Waals surface area contributed by atoms with Gasteiger partial charge in [-0.15, -0.1) is 0 Å². The van der Waals surface area contributed by atoms with E-state index < -0.39 is 0 Å². The minimum absolute atomic E-state index is 0.0198. The quantitative estimate of drug-likeness (QED) is 0.411. The van der Waals surface area contributed by atoms with E-state index in [1.165, 1.54) is 19.3 Å². The first-order valence-corrected chi connectivity index (χ1v) is 5.55. The summed E-state index contributed by atoms with van der Waals surface area (Å²) < 4.78 is 6.18. The molecule has 2 fully saturated rings. The van der Waals surface area contributed by atoms with E-state index in [9.17, 15) is 4.79 Å². The number of carbonyl (C=O) groups is 1. The summed E-state index contributed by atoms with van der Waals surface area (Å²) >= 11 is 2.30. The van der Waals surface area contributed by atoms with E-state index in [-0.39, 0.29) is 17.5 Å². The Hall–Kier alpha value is 0.200. The minimum Gasteiger partial charge on any atom is -0.461 e. The monoisotopic (exact) mass is 266 g/mol. The molecule has 0 amide bonds. The van der Waals surface area contributed by atoms with Crippen molar-refractivity contribution in [3.63, 3.8) is 0 Å². The lowest BCUT2D eigenvalue weighted by molar-refractivity contribution is -0.141. The van der Waals surface area contributed by atoms with Gasteiger partial charge in [-0.2, -0.15) is 0 Å². The van der Waals surface area contributed by atoms with Gasteiger partial charge in [-0.1, -0.05) is 29.0 Å². The molecule has 3 heteroatoms. The molecule has 1 heterocycles. The predicted octanol–water partition coefficient (Wildman–Crippen LogP) is 1.91. The summed E-state index contributed by atoms with van der Waals surface area (Å²) in [5.74, 6) is 0.0198. The van der Waals surface area contributed by atoms with Crippen LogP contribution >= 0.6 is 22.6 Å². The fourth-order valence-electron chi connectivity index (χ4n) is 2.05. The summed E-state index contributed by atoms with van der Waals surface area (Å²) in [7, 11) is 0. The Kier molecular flexibility index (Phi) is 1.85. The van der Waals surface area contributed by atoms with Gasteiger partial charge in [0.2, 0.25) is 0 Å². The smallest absolute Gasteiger partial charge is 0.306 e. The molecule has 62 valence electrons. The molecule has 2 nitrogen and oxygen atoms in total. The summed E-state index contributed by atoms with van der Waals surface area (Å²) in [4.78, 5) is 11.0. The van der Waals surface area contributed by atoms with Crippen LogP contribution in [0.1, 0.15) is 25.7 Å². The maximum atomic E-state index is 11.0. The molecule has 1 unspecified atom stereocenters.